The van der Waals surface area contributed by atoms with Gasteiger partial charge in [-0.05, 0) is 43.2 Å². The van der Waals surface area contributed by atoms with Crippen LogP contribution in [0, 0.1) is 11.8 Å². The molecule has 0 aromatic carbocycles. The highest BCUT2D eigenvalue weighted by Gasteiger charge is 2.17. The minimum Gasteiger partial charge on any atom is -0.309 e. The molecule has 1 N–H and O–H groups in total. The third-order valence-corrected chi connectivity index (χ3v) is 5.16. The Morgan fingerprint density at radius 1 is 1.35 bits per heavy atom. The molecule has 2 heteroatoms. The smallest absolute Gasteiger partial charge is 0.0386 e. The number of hydrogen-bond donors (Lipinski definition) is 1. The number of thiophene rings is 1. The Morgan fingerprint density at radius 2 is 2.12 bits per heavy atom. The maximum Gasteiger partial charge on any atom is 0.0386 e. The van der Waals surface area contributed by atoms with Gasteiger partial charge < -0.3 is 5.32 Å². The van der Waals surface area contributed by atoms with Crippen LogP contribution in [0.3, 0.4) is 0 Å². The van der Waals surface area contributed by atoms with Crippen LogP contribution in [0.2, 0.25) is 0 Å². The van der Waals surface area contributed by atoms with E-state index in [1.807, 2.05) is 11.3 Å². The molecule has 96 valence electrons. The highest BCUT2D eigenvalue weighted by atomic mass is 32.1. The van der Waals surface area contributed by atoms with Crippen molar-refractivity contribution in [2.75, 3.05) is 6.54 Å². The molecule has 0 radical (unpaired) electrons. The van der Waals surface area contributed by atoms with Gasteiger partial charge in [-0.15, -0.1) is 11.3 Å². The SMILES string of the molecule is CC1CCC(CCNC(C)c2cccs2)CC1. The molecule has 1 aromatic rings. The van der Waals surface area contributed by atoms with Gasteiger partial charge in [0.2, 0.25) is 0 Å². The van der Waals surface area contributed by atoms with Crippen molar-refractivity contribution >= 4 is 11.3 Å². The molecule has 1 atom stereocenters. The summed E-state index contributed by atoms with van der Waals surface area (Å²) in [5.74, 6) is 1.96. The van der Waals surface area contributed by atoms with Crippen LogP contribution in [0.1, 0.15) is 56.9 Å². The molecule has 1 saturated carbocycles. The van der Waals surface area contributed by atoms with E-state index in [0.29, 0.717) is 6.04 Å². The van der Waals surface area contributed by atoms with E-state index in [1.165, 1.54) is 43.5 Å². The van der Waals surface area contributed by atoms with Crippen molar-refractivity contribution in [3.8, 4) is 0 Å². The Balaban J connectivity index is 1.63. The van der Waals surface area contributed by atoms with Crippen LogP contribution in [-0.4, -0.2) is 6.54 Å². The number of rotatable bonds is 5. The molecular formula is C15H25NS. The van der Waals surface area contributed by atoms with Crippen LogP contribution in [0.25, 0.3) is 0 Å². The van der Waals surface area contributed by atoms with Gasteiger partial charge in [0.25, 0.3) is 0 Å². The lowest BCUT2D eigenvalue weighted by Crippen LogP contribution is -2.23. The summed E-state index contributed by atoms with van der Waals surface area (Å²) >= 11 is 1.85. The first-order valence-corrected chi connectivity index (χ1v) is 7.90. The largest absolute Gasteiger partial charge is 0.309 e. The van der Waals surface area contributed by atoms with Crippen LogP contribution in [0.5, 0.6) is 0 Å². The lowest BCUT2D eigenvalue weighted by molar-refractivity contribution is 0.273. The third-order valence-electron chi connectivity index (χ3n) is 4.11. The molecule has 1 aliphatic carbocycles. The van der Waals surface area contributed by atoms with Crippen molar-refractivity contribution in [3.63, 3.8) is 0 Å². The summed E-state index contributed by atoms with van der Waals surface area (Å²) in [6, 6.07) is 4.89. The summed E-state index contributed by atoms with van der Waals surface area (Å²) < 4.78 is 0. The molecular weight excluding hydrogens is 226 g/mol. The van der Waals surface area contributed by atoms with Crippen LogP contribution in [-0.2, 0) is 0 Å². The van der Waals surface area contributed by atoms with Gasteiger partial charge >= 0.3 is 0 Å². The maximum absolute atomic E-state index is 3.65. The van der Waals surface area contributed by atoms with Crippen molar-refractivity contribution in [1.82, 2.24) is 5.32 Å². The molecule has 0 bridgehead atoms. The molecule has 0 spiro atoms. The zero-order chi connectivity index (χ0) is 12.1. The average molecular weight is 251 g/mol. The summed E-state index contributed by atoms with van der Waals surface area (Å²) in [5, 5.41) is 5.82. The van der Waals surface area contributed by atoms with Crippen molar-refractivity contribution in [2.45, 2.75) is 52.0 Å². The van der Waals surface area contributed by atoms with Crippen molar-refractivity contribution in [3.05, 3.63) is 22.4 Å². The van der Waals surface area contributed by atoms with Gasteiger partial charge in [-0.25, -0.2) is 0 Å². The zero-order valence-corrected chi connectivity index (χ0v) is 11.9. The first kappa shape index (κ1) is 13.1. The molecule has 0 amide bonds. The Labute approximate surface area is 110 Å². The highest BCUT2D eigenvalue weighted by Crippen LogP contribution is 2.30. The monoisotopic (exact) mass is 251 g/mol. The fraction of sp³-hybridized carbons (Fsp3) is 0.733. The molecule has 17 heavy (non-hydrogen) atoms. The Kier molecular flexibility index (Phi) is 5.05. The standard InChI is InChI=1S/C15H25NS/c1-12-5-7-14(8-6-12)9-10-16-13(2)15-4-3-11-17-15/h3-4,11-14,16H,5-10H2,1-2H3. The van der Waals surface area contributed by atoms with Gasteiger partial charge in [-0.2, -0.15) is 0 Å². The average Bonchev–Trinajstić information content (AvgIpc) is 2.85. The summed E-state index contributed by atoms with van der Waals surface area (Å²) in [4.78, 5) is 1.46. The molecule has 1 aliphatic rings. The van der Waals surface area contributed by atoms with Gasteiger partial charge in [0.1, 0.15) is 0 Å². The second-order valence-corrected chi connectivity index (χ2v) is 6.59. The first-order valence-electron chi connectivity index (χ1n) is 7.02. The van der Waals surface area contributed by atoms with Crippen molar-refractivity contribution in [1.29, 1.82) is 0 Å². The van der Waals surface area contributed by atoms with E-state index in [2.05, 4.69) is 36.7 Å². The summed E-state index contributed by atoms with van der Waals surface area (Å²) in [7, 11) is 0. The fourth-order valence-electron chi connectivity index (χ4n) is 2.76. The first-order chi connectivity index (χ1) is 8.25. The Bertz CT molecular complexity index is 299. The van der Waals surface area contributed by atoms with E-state index in [4.69, 9.17) is 0 Å². The van der Waals surface area contributed by atoms with E-state index in [-0.39, 0.29) is 0 Å². The number of nitrogens with one attached hydrogen (secondary N) is 1. The van der Waals surface area contributed by atoms with Gasteiger partial charge in [-0.3, -0.25) is 0 Å². The molecule has 2 rings (SSSR count). The van der Waals surface area contributed by atoms with Gasteiger partial charge in [0.05, 0.1) is 0 Å². The Morgan fingerprint density at radius 3 is 2.76 bits per heavy atom. The van der Waals surface area contributed by atoms with E-state index >= 15 is 0 Å². The summed E-state index contributed by atoms with van der Waals surface area (Å²) in [5.41, 5.74) is 0. The second kappa shape index (κ2) is 6.55. The lowest BCUT2D eigenvalue weighted by Gasteiger charge is -2.26. The molecule has 1 heterocycles. The van der Waals surface area contributed by atoms with E-state index < -0.39 is 0 Å². The van der Waals surface area contributed by atoms with E-state index in [0.717, 1.165) is 11.8 Å². The van der Waals surface area contributed by atoms with E-state index in [1.54, 1.807) is 0 Å². The van der Waals surface area contributed by atoms with Crippen molar-refractivity contribution in [2.24, 2.45) is 11.8 Å². The minimum atomic E-state index is 0.525. The predicted octanol–water partition coefficient (Wildman–Crippen LogP) is 4.62. The maximum atomic E-state index is 3.65. The molecule has 0 saturated heterocycles. The topological polar surface area (TPSA) is 12.0 Å². The normalized spacial score (nSPS) is 26.9. The Hall–Kier alpha value is -0.340. The molecule has 1 fully saturated rings. The lowest BCUT2D eigenvalue weighted by atomic mass is 9.81. The van der Waals surface area contributed by atoms with Crippen LogP contribution < -0.4 is 5.32 Å². The highest BCUT2D eigenvalue weighted by molar-refractivity contribution is 7.10. The zero-order valence-electron chi connectivity index (χ0n) is 11.1. The molecule has 1 unspecified atom stereocenters. The van der Waals surface area contributed by atoms with E-state index in [9.17, 15) is 0 Å². The van der Waals surface area contributed by atoms with Gasteiger partial charge in [0.15, 0.2) is 0 Å². The van der Waals surface area contributed by atoms with Crippen LogP contribution in [0.15, 0.2) is 17.5 Å². The van der Waals surface area contributed by atoms with Gasteiger partial charge in [-0.1, -0.05) is 38.7 Å². The predicted molar refractivity (Wildman–Crippen MR) is 76.5 cm³/mol. The minimum absolute atomic E-state index is 0.525. The third kappa shape index (κ3) is 4.11. The van der Waals surface area contributed by atoms with Crippen LogP contribution >= 0.6 is 11.3 Å². The van der Waals surface area contributed by atoms with Gasteiger partial charge in [0, 0.05) is 10.9 Å². The van der Waals surface area contributed by atoms with Crippen LogP contribution in [0.4, 0.5) is 0 Å². The molecule has 0 aliphatic heterocycles. The fourth-order valence-corrected chi connectivity index (χ4v) is 3.52. The summed E-state index contributed by atoms with van der Waals surface area (Å²) in [6.07, 6.45) is 7.17. The molecule has 1 nitrogen and oxygen atoms in total. The number of hydrogen-bond acceptors (Lipinski definition) is 2. The second-order valence-electron chi connectivity index (χ2n) is 5.61. The summed E-state index contributed by atoms with van der Waals surface area (Å²) in [6.45, 7) is 5.85. The quantitative estimate of drug-likeness (QED) is 0.805. The molecule has 1 aromatic heterocycles. The van der Waals surface area contributed by atoms with Crippen molar-refractivity contribution < 1.29 is 0 Å².